The van der Waals surface area contributed by atoms with Crippen LogP contribution in [0.25, 0.3) is 16.7 Å². The zero-order valence-electron chi connectivity index (χ0n) is 14.3. The summed E-state index contributed by atoms with van der Waals surface area (Å²) >= 11 is 1.43. The van der Waals surface area contributed by atoms with Crippen LogP contribution in [0, 0.1) is 6.92 Å². The Kier molecular flexibility index (Phi) is 4.58. The quantitative estimate of drug-likeness (QED) is 0.551. The van der Waals surface area contributed by atoms with Gasteiger partial charge in [0.05, 0.1) is 16.8 Å². The number of hydrogen-bond acceptors (Lipinski definition) is 4. The summed E-state index contributed by atoms with van der Waals surface area (Å²) in [4.78, 5) is 21.2. The van der Waals surface area contributed by atoms with E-state index in [9.17, 15) is 4.79 Å². The second-order valence-corrected chi connectivity index (χ2v) is 7.04. The summed E-state index contributed by atoms with van der Waals surface area (Å²) in [6.07, 6.45) is 3.72. The minimum absolute atomic E-state index is 0.0109. The van der Waals surface area contributed by atoms with Gasteiger partial charge in [0.25, 0.3) is 0 Å². The lowest BCUT2D eigenvalue weighted by molar-refractivity contribution is -0.118. The van der Waals surface area contributed by atoms with Crippen molar-refractivity contribution in [2.45, 2.75) is 18.5 Å². The maximum Gasteiger partial charge on any atom is 0.230 e. The third-order valence-electron chi connectivity index (χ3n) is 4.15. The third kappa shape index (κ3) is 3.41. The third-order valence-corrected chi connectivity index (χ3v) is 5.13. The van der Waals surface area contributed by atoms with E-state index in [1.54, 1.807) is 6.20 Å². The van der Waals surface area contributed by atoms with E-state index in [-0.39, 0.29) is 5.91 Å². The maximum atomic E-state index is 12.2. The van der Waals surface area contributed by atoms with Crippen LogP contribution in [0.3, 0.4) is 0 Å². The standard InChI is InChI=1S/C20H18N4OS/c1-14-6-8-15(9-7-14)12-22-18(25)13-26-20-17-5-3-11-24(17)16-4-2-10-21-19(16)23-20/h2-11H,12-13H2,1H3,(H,22,25). The van der Waals surface area contributed by atoms with Crippen LogP contribution in [0.1, 0.15) is 11.1 Å². The van der Waals surface area contributed by atoms with Crippen LogP contribution >= 0.6 is 11.8 Å². The molecule has 6 heteroatoms. The molecule has 0 atom stereocenters. The highest BCUT2D eigenvalue weighted by atomic mass is 32.2. The van der Waals surface area contributed by atoms with Gasteiger partial charge in [0, 0.05) is 18.9 Å². The molecule has 3 aromatic heterocycles. The van der Waals surface area contributed by atoms with E-state index in [1.807, 2.05) is 61.7 Å². The van der Waals surface area contributed by atoms with E-state index < -0.39 is 0 Å². The van der Waals surface area contributed by atoms with Crippen LogP contribution in [-0.4, -0.2) is 26.0 Å². The number of carbonyl (C=O) groups is 1. The van der Waals surface area contributed by atoms with Crippen LogP contribution < -0.4 is 5.32 Å². The number of amides is 1. The van der Waals surface area contributed by atoms with Crippen molar-refractivity contribution in [2.24, 2.45) is 0 Å². The molecule has 1 amide bonds. The fraction of sp³-hybridized carbons (Fsp3) is 0.150. The molecule has 0 radical (unpaired) electrons. The Morgan fingerprint density at radius 1 is 1.12 bits per heavy atom. The molecule has 0 aliphatic carbocycles. The lowest BCUT2D eigenvalue weighted by Crippen LogP contribution is -2.24. The molecule has 0 bridgehead atoms. The molecule has 130 valence electrons. The van der Waals surface area contributed by atoms with Gasteiger partial charge in [-0.25, -0.2) is 9.97 Å². The lowest BCUT2D eigenvalue weighted by atomic mass is 10.1. The number of nitrogens with one attached hydrogen (secondary N) is 1. The first kappa shape index (κ1) is 16.6. The zero-order chi connectivity index (χ0) is 17.9. The second kappa shape index (κ2) is 7.17. The molecule has 0 unspecified atom stereocenters. The van der Waals surface area contributed by atoms with E-state index in [4.69, 9.17) is 0 Å². The highest BCUT2D eigenvalue weighted by molar-refractivity contribution is 8.00. The number of rotatable bonds is 5. The summed E-state index contributed by atoms with van der Waals surface area (Å²) in [6.45, 7) is 2.58. The summed E-state index contributed by atoms with van der Waals surface area (Å²) in [6, 6.07) is 16.0. The van der Waals surface area contributed by atoms with Gasteiger partial charge in [-0.3, -0.25) is 4.79 Å². The van der Waals surface area contributed by atoms with E-state index >= 15 is 0 Å². The van der Waals surface area contributed by atoms with Crippen LogP contribution in [0.15, 0.2) is 66.0 Å². The molecule has 0 saturated carbocycles. The number of pyridine rings is 1. The van der Waals surface area contributed by atoms with Crippen LogP contribution in [0.2, 0.25) is 0 Å². The average Bonchev–Trinajstić information content (AvgIpc) is 3.16. The van der Waals surface area contributed by atoms with Crippen molar-refractivity contribution in [3.05, 3.63) is 72.1 Å². The van der Waals surface area contributed by atoms with Crippen molar-refractivity contribution in [2.75, 3.05) is 5.75 Å². The minimum atomic E-state index is -0.0109. The number of hydrogen-bond donors (Lipinski definition) is 1. The second-order valence-electron chi connectivity index (χ2n) is 6.08. The highest BCUT2D eigenvalue weighted by Gasteiger charge is 2.11. The molecule has 0 fully saturated rings. The molecule has 5 nitrogen and oxygen atoms in total. The Labute approximate surface area is 155 Å². The SMILES string of the molecule is Cc1ccc(CNC(=O)CSc2nc3ncccc3n3cccc23)cc1. The molecule has 1 aromatic carbocycles. The summed E-state index contributed by atoms with van der Waals surface area (Å²) in [5.41, 5.74) is 4.93. The van der Waals surface area contributed by atoms with E-state index in [1.165, 1.54) is 17.3 Å². The number of thioether (sulfide) groups is 1. The largest absolute Gasteiger partial charge is 0.351 e. The number of carbonyl (C=O) groups excluding carboxylic acids is 1. The smallest absolute Gasteiger partial charge is 0.230 e. The molecular weight excluding hydrogens is 344 g/mol. The zero-order valence-corrected chi connectivity index (χ0v) is 15.2. The highest BCUT2D eigenvalue weighted by Crippen LogP contribution is 2.25. The number of nitrogens with zero attached hydrogens (tertiary/aromatic N) is 3. The number of aryl methyl sites for hydroxylation is 1. The van der Waals surface area contributed by atoms with E-state index in [2.05, 4.69) is 19.7 Å². The van der Waals surface area contributed by atoms with Gasteiger partial charge in [-0.15, -0.1) is 0 Å². The Hall–Kier alpha value is -2.86. The van der Waals surface area contributed by atoms with Gasteiger partial charge in [-0.05, 0) is 36.8 Å². The first-order valence-electron chi connectivity index (χ1n) is 8.37. The minimum Gasteiger partial charge on any atom is -0.351 e. The fourth-order valence-corrected chi connectivity index (χ4v) is 3.61. The first-order chi connectivity index (χ1) is 12.7. The van der Waals surface area contributed by atoms with Crippen LogP contribution in [0.4, 0.5) is 0 Å². The summed E-state index contributed by atoms with van der Waals surface area (Å²) in [5, 5.41) is 3.77. The van der Waals surface area contributed by atoms with Crippen molar-refractivity contribution in [3.63, 3.8) is 0 Å². The Morgan fingerprint density at radius 3 is 2.77 bits per heavy atom. The lowest BCUT2D eigenvalue weighted by Gasteiger charge is -2.08. The molecule has 1 N–H and O–H groups in total. The predicted molar refractivity (Wildman–Crippen MR) is 104 cm³/mol. The molecule has 0 aliphatic heterocycles. The molecule has 0 aliphatic rings. The number of benzene rings is 1. The average molecular weight is 362 g/mol. The molecule has 0 spiro atoms. The molecule has 4 rings (SSSR count). The van der Waals surface area contributed by atoms with Gasteiger partial charge in [-0.1, -0.05) is 41.6 Å². The van der Waals surface area contributed by atoms with Gasteiger partial charge < -0.3 is 9.72 Å². The normalized spacial score (nSPS) is 11.1. The fourth-order valence-electron chi connectivity index (χ4n) is 2.78. The maximum absolute atomic E-state index is 12.2. The van der Waals surface area contributed by atoms with Gasteiger partial charge >= 0.3 is 0 Å². The summed E-state index contributed by atoms with van der Waals surface area (Å²) in [5.74, 6) is 0.307. The summed E-state index contributed by atoms with van der Waals surface area (Å²) < 4.78 is 2.06. The van der Waals surface area contributed by atoms with E-state index in [0.717, 1.165) is 21.6 Å². The topological polar surface area (TPSA) is 59.3 Å². The monoisotopic (exact) mass is 362 g/mol. The van der Waals surface area contributed by atoms with Crippen LogP contribution in [-0.2, 0) is 11.3 Å². The summed E-state index contributed by atoms with van der Waals surface area (Å²) in [7, 11) is 0. The Bertz CT molecular complexity index is 1070. The molecule has 0 saturated heterocycles. The van der Waals surface area contributed by atoms with Gasteiger partial charge in [0.2, 0.25) is 5.91 Å². The van der Waals surface area contributed by atoms with E-state index in [0.29, 0.717) is 17.9 Å². The number of fused-ring (bicyclic) bond motifs is 3. The van der Waals surface area contributed by atoms with Crippen molar-refractivity contribution >= 4 is 34.3 Å². The Balaban J connectivity index is 1.46. The van der Waals surface area contributed by atoms with Crippen LogP contribution in [0.5, 0.6) is 0 Å². The van der Waals surface area contributed by atoms with Gasteiger partial charge in [-0.2, -0.15) is 0 Å². The van der Waals surface area contributed by atoms with Gasteiger partial charge in [0.15, 0.2) is 5.65 Å². The molecule has 4 aromatic rings. The van der Waals surface area contributed by atoms with Gasteiger partial charge in [0.1, 0.15) is 5.03 Å². The Morgan fingerprint density at radius 2 is 1.92 bits per heavy atom. The number of aromatic nitrogens is 3. The molecule has 26 heavy (non-hydrogen) atoms. The predicted octanol–water partition coefficient (Wildman–Crippen LogP) is 3.60. The first-order valence-corrected chi connectivity index (χ1v) is 9.36. The van der Waals surface area contributed by atoms with Crippen molar-refractivity contribution in [3.8, 4) is 0 Å². The van der Waals surface area contributed by atoms with Crippen molar-refractivity contribution in [1.82, 2.24) is 19.7 Å². The van der Waals surface area contributed by atoms with Crippen molar-refractivity contribution < 1.29 is 4.79 Å². The van der Waals surface area contributed by atoms with Crippen molar-refractivity contribution in [1.29, 1.82) is 0 Å². The molecule has 3 heterocycles. The molecular formula is C20H18N4OS.